The van der Waals surface area contributed by atoms with Crippen molar-refractivity contribution in [3.63, 3.8) is 0 Å². The number of methoxy groups -OCH3 is 2. The van der Waals surface area contributed by atoms with Crippen molar-refractivity contribution in [2.75, 3.05) is 14.2 Å². The third-order valence-corrected chi connectivity index (χ3v) is 3.87. The predicted molar refractivity (Wildman–Crippen MR) is 75.3 cm³/mol. The van der Waals surface area contributed by atoms with Gasteiger partial charge in [0.05, 0.1) is 0 Å². The Morgan fingerprint density at radius 3 is 1.40 bits per heavy atom. The molecule has 6 heteroatoms. The van der Waals surface area contributed by atoms with E-state index < -0.39 is 12.2 Å². The SMILES string of the molecule is CO[C@@H](C)C(=O)NC1CCC(NC(=O)[C@H](C)OC)CC1. The fraction of sp³-hybridized carbons (Fsp3) is 0.857. The van der Waals surface area contributed by atoms with Gasteiger partial charge in [0.1, 0.15) is 12.2 Å². The zero-order valence-corrected chi connectivity index (χ0v) is 12.8. The van der Waals surface area contributed by atoms with Gasteiger partial charge in [-0.2, -0.15) is 0 Å². The third-order valence-electron chi connectivity index (χ3n) is 3.87. The molecular formula is C14H26N2O4. The Labute approximate surface area is 120 Å². The lowest BCUT2D eigenvalue weighted by Crippen LogP contribution is -2.47. The van der Waals surface area contributed by atoms with Crippen LogP contribution in [0.15, 0.2) is 0 Å². The van der Waals surface area contributed by atoms with Gasteiger partial charge < -0.3 is 20.1 Å². The number of ether oxygens (including phenoxy) is 2. The summed E-state index contributed by atoms with van der Waals surface area (Å²) in [6, 6.07) is 0.348. The van der Waals surface area contributed by atoms with E-state index in [0.29, 0.717) is 0 Å². The molecule has 116 valence electrons. The molecule has 0 spiro atoms. The van der Waals surface area contributed by atoms with Crippen molar-refractivity contribution in [2.24, 2.45) is 0 Å². The molecule has 1 rings (SSSR count). The van der Waals surface area contributed by atoms with Crippen LogP contribution in [0.1, 0.15) is 39.5 Å². The number of amides is 2. The van der Waals surface area contributed by atoms with Crippen LogP contribution in [0.5, 0.6) is 0 Å². The first-order chi connectivity index (χ1) is 9.47. The summed E-state index contributed by atoms with van der Waals surface area (Å²) in [5.41, 5.74) is 0. The normalized spacial score (nSPS) is 25.6. The van der Waals surface area contributed by atoms with Crippen LogP contribution in [0.3, 0.4) is 0 Å². The van der Waals surface area contributed by atoms with Crippen molar-refractivity contribution < 1.29 is 19.1 Å². The second-order valence-corrected chi connectivity index (χ2v) is 5.32. The van der Waals surface area contributed by atoms with Crippen molar-refractivity contribution in [2.45, 2.75) is 63.8 Å². The minimum Gasteiger partial charge on any atom is -0.372 e. The first-order valence-corrected chi connectivity index (χ1v) is 7.14. The maximum Gasteiger partial charge on any atom is 0.249 e. The summed E-state index contributed by atoms with van der Waals surface area (Å²) in [7, 11) is 3.04. The van der Waals surface area contributed by atoms with Gasteiger partial charge in [-0.15, -0.1) is 0 Å². The van der Waals surface area contributed by atoms with Crippen LogP contribution in [-0.2, 0) is 19.1 Å². The number of hydrogen-bond acceptors (Lipinski definition) is 4. The van der Waals surface area contributed by atoms with Gasteiger partial charge in [-0.1, -0.05) is 0 Å². The van der Waals surface area contributed by atoms with Crippen LogP contribution in [0, 0.1) is 0 Å². The molecule has 1 aliphatic rings. The summed E-state index contributed by atoms with van der Waals surface area (Å²) in [5, 5.41) is 5.95. The standard InChI is InChI=1S/C14H26N2O4/c1-9(19-3)13(17)15-11-5-7-12(8-6-11)16-14(18)10(2)20-4/h9-12H,5-8H2,1-4H3,(H,15,17)(H,16,18)/t9-,10-,11?,12?/m0/s1. The van der Waals surface area contributed by atoms with Crippen LogP contribution >= 0.6 is 0 Å². The maximum atomic E-state index is 11.7. The molecule has 0 aromatic heterocycles. The summed E-state index contributed by atoms with van der Waals surface area (Å²) in [5.74, 6) is -0.152. The Kier molecular flexibility index (Phi) is 6.95. The van der Waals surface area contributed by atoms with E-state index >= 15 is 0 Å². The van der Waals surface area contributed by atoms with Crippen molar-refractivity contribution in [1.82, 2.24) is 10.6 Å². The van der Waals surface area contributed by atoms with Gasteiger partial charge in [0.2, 0.25) is 11.8 Å². The van der Waals surface area contributed by atoms with E-state index in [1.807, 2.05) is 0 Å². The third kappa shape index (κ3) is 5.09. The molecule has 1 aliphatic carbocycles. The summed E-state index contributed by atoms with van der Waals surface area (Å²) in [6.07, 6.45) is 2.64. The lowest BCUT2D eigenvalue weighted by Gasteiger charge is -2.30. The number of hydrogen-bond donors (Lipinski definition) is 2. The van der Waals surface area contributed by atoms with Gasteiger partial charge in [-0.05, 0) is 39.5 Å². The molecule has 0 bridgehead atoms. The molecule has 1 fully saturated rings. The van der Waals surface area contributed by atoms with E-state index in [1.54, 1.807) is 13.8 Å². The van der Waals surface area contributed by atoms with Gasteiger partial charge in [0, 0.05) is 26.3 Å². The van der Waals surface area contributed by atoms with E-state index in [0.717, 1.165) is 25.7 Å². The average molecular weight is 286 g/mol. The first-order valence-electron chi connectivity index (χ1n) is 7.14. The monoisotopic (exact) mass is 286 g/mol. The number of rotatable bonds is 6. The molecule has 1 saturated carbocycles. The summed E-state index contributed by atoms with van der Waals surface area (Å²) in [6.45, 7) is 3.46. The van der Waals surface area contributed by atoms with Crippen LogP contribution in [-0.4, -0.2) is 50.3 Å². The van der Waals surface area contributed by atoms with Crippen LogP contribution in [0.25, 0.3) is 0 Å². The van der Waals surface area contributed by atoms with Crippen LogP contribution in [0.2, 0.25) is 0 Å². The van der Waals surface area contributed by atoms with E-state index in [1.165, 1.54) is 14.2 Å². The quantitative estimate of drug-likeness (QED) is 0.749. The molecule has 2 N–H and O–H groups in total. The van der Waals surface area contributed by atoms with Crippen molar-refractivity contribution in [3.8, 4) is 0 Å². The van der Waals surface area contributed by atoms with Crippen molar-refractivity contribution in [1.29, 1.82) is 0 Å². The molecule has 0 radical (unpaired) electrons. The number of nitrogens with one attached hydrogen (secondary N) is 2. The first kappa shape index (κ1) is 16.9. The smallest absolute Gasteiger partial charge is 0.249 e. The summed E-state index contributed by atoms with van der Waals surface area (Å²) >= 11 is 0. The predicted octanol–water partition coefficient (Wildman–Crippen LogP) is 0.600. The molecular weight excluding hydrogens is 260 g/mol. The van der Waals surface area contributed by atoms with Gasteiger partial charge in [0.25, 0.3) is 0 Å². The van der Waals surface area contributed by atoms with E-state index in [4.69, 9.17) is 9.47 Å². The molecule has 2 amide bonds. The fourth-order valence-corrected chi connectivity index (χ4v) is 2.23. The maximum absolute atomic E-state index is 11.7. The zero-order valence-electron chi connectivity index (χ0n) is 12.8. The Bertz CT molecular complexity index is 295. The van der Waals surface area contributed by atoms with E-state index in [2.05, 4.69) is 10.6 Å². The van der Waals surface area contributed by atoms with Crippen LogP contribution < -0.4 is 10.6 Å². The largest absolute Gasteiger partial charge is 0.372 e. The topological polar surface area (TPSA) is 76.7 Å². The molecule has 0 saturated heterocycles. The molecule has 2 atom stereocenters. The highest BCUT2D eigenvalue weighted by Gasteiger charge is 2.25. The lowest BCUT2D eigenvalue weighted by molar-refractivity contribution is -0.132. The second-order valence-electron chi connectivity index (χ2n) is 5.32. The lowest BCUT2D eigenvalue weighted by atomic mass is 9.91. The fourth-order valence-electron chi connectivity index (χ4n) is 2.23. The number of carbonyl (C=O) groups is 2. The Morgan fingerprint density at radius 2 is 1.15 bits per heavy atom. The summed E-state index contributed by atoms with van der Waals surface area (Å²) < 4.78 is 9.97. The highest BCUT2D eigenvalue weighted by molar-refractivity contribution is 5.81. The average Bonchev–Trinajstić information content (AvgIpc) is 2.47. The van der Waals surface area contributed by atoms with Crippen LogP contribution in [0.4, 0.5) is 0 Å². The molecule has 20 heavy (non-hydrogen) atoms. The minimum absolute atomic E-state index is 0.0759. The molecule has 6 nitrogen and oxygen atoms in total. The molecule has 0 heterocycles. The van der Waals surface area contributed by atoms with Crippen molar-refractivity contribution in [3.05, 3.63) is 0 Å². The highest BCUT2D eigenvalue weighted by Crippen LogP contribution is 2.19. The highest BCUT2D eigenvalue weighted by atomic mass is 16.5. The van der Waals surface area contributed by atoms with Gasteiger partial charge in [-0.3, -0.25) is 9.59 Å². The molecule has 0 aromatic carbocycles. The Hall–Kier alpha value is -1.14. The molecule has 0 aliphatic heterocycles. The van der Waals surface area contributed by atoms with Gasteiger partial charge in [0.15, 0.2) is 0 Å². The van der Waals surface area contributed by atoms with Crippen molar-refractivity contribution >= 4 is 11.8 Å². The van der Waals surface area contributed by atoms with Gasteiger partial charge in [-0.25, -0.2) is 0 Å². The van der Waals surface area contributed by atoms with E-state index in [-0.39, 0.29) is 23.9 Å². The molecule has 0 unspecified atom stereocenters. The minimum atomic E-state index is -0.421. The Balaban J connectivity index is 2.30. The summed E-state index contributed by atoms with van der Waals surface area (Å²) in [4.78, 5) is 23.4. The zero-order chi connectivity index (χ0) is 15.1. The van der Waals surface area contributed by atoms with E-state index in [9.17, 15) is 9.59 Å². The second kappa shape index (κ2) is 8.21. The molecule has 0 aromatic rings. The van der Waals surface area contributed by atoms with Gasteiger partial charge >= 0.3 is 0 Å². The number of carbonyl (C=O) groups excluding carboxylic acids is 2. The Morgan fingerprint density at radius 1 is 0.850 bits per heavy atom.